The minimum absolute atomic E-state index is 0.0137. The third-order valence-electron chi connectivity index (χ3n) is 2.06. The van der Waals surface area contributed by atoms with Crippen molar-refractivity contribution in [3.63, 3.8) is 0 Å². The normalized spacial score (nSPS) is 12.6. The summed E-state index contributed by atoms with van der Waals surface area (Å²) in [6.45, 7) is 2.11. The molecule has 0 aliphatic carbocycles. The van der Waals surface area contributed by atoms with Crippen LogP contribution in [0.4, 0.5) is 0 Å². The van der Waals surface area contributed by atoms with E-state index in [1.807, 2.05) is 11.4 Å². The molecule has 0 fully saturated rings. The summed E-state index contributed by atoms with van der Waals surface area (Å²) in [5.74, 6) is 0.856. The highest BCUT2D eigenvalue weighted by Crippen LogP contribution is 2.10. The SMILES string of the molecule is CCCCCS(=O)CC(=O)c1cccs1. The van der Waals surface area contributed by atoms with Gasteiger partial charge < -0.3 is 0 Å². The molecule has 0 aliphatic rings. The van der Waals surface area contributed by atoms with Crippen LogP contribution in [0.1, 0.15) is 35.9 Å². The maximum atomic E-state index is 11.6. The molecule has 0 amide bonds. The second-order valence-electron chi connectivity index (χ2n) is 3.40. The van der Waals surface area contributed by atoms with Crippen LogP contribution in [-0.4, -0.2) is 21.5 Å². The maximum Gasteiger partial charge on any atom is 0.185 e. The van der Waals surface area contributed by atoms with Crippen molar-refractivity contribution < 1.29 is 9.00 Å². The first kappa shape index (κ1) is 12.6. The van der Waals surface area contributed by atoms with Crippen LogP contribution < -0.4 is 0 Å². The average Bonchev–Trinajstić information content (AvgIpc) is 2.70. The summed E-state index contributed by atoms with van der Waals surface area (Å²) in [6.07, 6.45) is 3.18. The van der Waals surface area contributed by atoms with Crippen molar-refractivity contribution in [1.82, 2.24) is 0 Å². The largest absolute Gasteiger partial charge is 0.292 e. The van der Waals surface area contributed by atoms with Crippen molar-refractivity contribution in [2.75, 3.05) is 11.5 Å². The van der Waals surface area contributed by atoms with Gasteiger partial charge in [-0.3, -0.25) is 9.00 Å². The van der Waals surface area contributed by atoms with Gasteiger partial charge in [-0.25, -0.2) is 0 Å². The Morgan fingerprint density at radius 2 is 2.27 bits per heavy atom. The van der Waals surface area contributed by atoms with Gasteiger partial charge in [-0.1, -0.05) is 25.8 Å². The van der Waals surface area contributed by atoms with Crippen molar-refractivity contribution in [2.45, 2.75) is 26.2 Å². The fraction of sp³-hybridized carbons (Fsp3) is 0.545. The van der Waals surface area contributed by atoms with Crippen LogP contribution in [0.5, 0.6) is 0 Å². The second kappa shape index (κ2) is 6.90. The Morgan fingerprint density at radius 3 is 2.87 bits per heavy atom. The lowest BCUT2D eigenvalue weighted by Crippen LogP contribution is -2.12. The number of Topliss-reactive ketones (excluding diaryl/α,β-unsaturated/α-hetero) is 1. The third-order valence-corrected chi connectivity index (χ3v) is 4.30. The number of unbranched alkanes of at least 4 members (excludes halogenated alkanes) is 2. The first-order valence-electron chi connectivity index (χ1n) is 5.15. The lowest BCUT2D eigenvalue weighted by Gasteiger charge is -1.99. The van der Waals surface area contributed by atoms with Crippen LogP contribution in [0.3, 0.4) is 0 Å². The van der Waals surface area contributed by atoms with Gasteiger partial charge in [0.25, 0.3) is 0 Å². The number of hydrogen-bond acceptors (Lipinski definition) is 3. The Morgan fingerprint density at radius 1 is 1.47 bits per heavy atom. The number of hydrogen-bond donors (Lipinski definition) is 0. The monoisotopic (exact) mass is 244 g/mol. The van der Waals surface area contributed by atoms with Crippen LogP contribution in [-0.2, 0) is 10.8 Å². The quantitative estimate of drug-likeness (QED) is 0.546. The van der Waals surface area contributed by atoms with Crippen LogP contribution in [0.25, 0.3) is 0 Å². The van der Waals surface area contributed by atoms with Crippen molar-refractivity contribution in [3.8, 4) is 0 Å². The van der Waals surface area contributed by atoms with Gasteiger partial charge in [0.05, 0.1) is 10.6 Å². The van der Waals surface area contributed by atoms with Gasteiger partial charge in [-0.05, 0) is 17.9 Å². The predicted molar refractivity (Wildman–Crippen MR) is 66.1 cm³/mol. The molecule has 2 nitrogen and oxygen atoms in total. The fourth-order valence-electron chi connectivity index (χ4n) is 1.24. The summed E-state index contributed by atoms with van der Waals surface area (Å²) < 4.78 is 11.5. The molecule has 0 aliphatic heterocycles. The fourth-order valence-corrected chi connectivity index (χ4v) is 3.11. The van der Waals surface area contributed by atoms with Crippen molar-refractivity contribution in [2.24, 2.45) is 0 Å². The van der Waals surface area contributed by atoms with E-state index in [9.17, 15) is 9.00 Å². The zero-order valence-corrected chi connectivity index (χ0v) is 10.5. The molecule has 0 aromatic carbocycles. The van der Waals surface area contributed by atoms with E-state index in [1.165, 1.54) is 11.3 Å². The highest BCUT2D eigenvalue weighted by Gasteiger charge is 2.10. The molecule has 1 atom stereocenters. The van der Waals surface area contributed by atoms with Crippen LogP contribution >= 0.6 is 11.3 Å². The molecule has 0 radical (unpaired) electrons. The summed E-state index contributed by atoms with van der Waals surface area (Å²) in [5, 5.41) is 1.87. The first-order valence-corrected chi connectivity index (χ1v) is 7.52. The van der Waals surface area contributed by atoms with Gasteiger partial charge in [0.1, 0.15) is 0 Å². The van der Waals surface area contributed by atoms with E-state index in [4.69, 9.17) is 0 Å². The number of rotatable bonds is 7. The van der Waals surface area contributed by atoms with E-state index in [-0.39, 0.29) is 11.5 Å². The molecule has 15 heavy (non-hydrogen) atoms. The number of thiophene rings is 1. The standard InChI is InChI=1S/C11H16O2S2/c1-2-3-4-8-15(13)9-10(12)11-6-5-7-14-11/h5-7H,2-4,8-9H2,1H3. The minimum atomic E-state index is -0.979. The van der Waals surface area contributed by atoms with Gasteiger partial charge in [0.2, 0.25) is 0 Å². The molecule has 84 valence electrons. The Balaban J connectivity index is 2.29. The molecule has 0 saturated heterocycles. The molecule has 1 heterocycles. The van der Waals surface area contributed by atoms with Gasteiger partial charge in [-0.15, -0.1) is 11.3 Å². The molecule has 1 rings (SSSR count). The van der Waals surface area contributed by atoms with Gasteiger partial charge >= 0.3 is 0 Å². The van der Waals surface area contributed by atoms with Crippen molar-refractivity contribution in [3.05, 3.63) is 22.4 Å². The average molecular weight is 244 g/mol. The predicted octanol–water partition coefficient (Wildman–Crippen LogP) is 2.87. The molecular weight excluding hydrogens is 228 g/mol. The Hall–Kier alpha value is -0.480. The van der Waals surface area contributed by atoms with Gasteiger partial charge in [0.15, 0.2) is 5.78 Å². The van der Waals surface area contributed by atoms with E-state index >= 15 is 0 Å². The molecule has 0 saturated carbocycles. The van der Waals surface area contributed by atoms with E-state index in [0.717, 1.165) is 24.1 Å². The molecule has 1 aromatic heterocycles. The summed E-state index contributed by atoms with van der Waals surface area (Å²) in [7, 11) is -0.979. The number of carbonyl (C=O) groups excluding carboxylic acids is 1. The van der Waals surface area contributed by atoms with E-state index in [0.29, 0.717) is 5.75 Å². The minimum Gasteiger partial charge on any atom is -0.292 e. The maximum absolute atomic E-state index is 11.6. The van der Waals surface area contributed by atoms with Gasteiger partial charge in [0, 0.05) is 16.6 Å². The molecule has 1 unspecified atom stereocenters. The lowest BCUT2D eigenvalue weighted by atomic mass is 10.3. The number of carbonyl (C=O) groups is 1. The molecule has 0 N–H and O–H groups in total. The van der Waals surface area contributed by atoms with Crippen LogP contribution in [0.15, 0.2) is 17.5 Å². The highest BCUT2D eigenvalue weighted by molar-refractivity contribution is 7.85. The first-order chi connectivity index (χ1) is 7.24. The third kappa shape index (κ3) is 4.71. The second-order valence-corrected chi connectivity index (χ2v) is 5.92. The summed E-state index contributed by atoms with van der Waals surface area (Å²) in [5.41, 5.74) is 0. The zero-order valence-electron chi connectivity index (χ0n) is 8.90. The summed E-state index contributed by atoms with van der Waals surface area (Å²) >= 11 is 1.42. The Kier molecular flexibility index (Phi) is 5.79. The van der Waals surface area contributed by atoms with E-state index < -0.39 is 10.8 Å². The highest BCUT2D eigenvalue weighted by atomic mass is 32.2. The van der Waals surface area contributed by atoms with E-state index in [1.54, 1.807) is 6.07 Å². The van der Waals surface area contributed by atoms with E-state index in [2.05, 4.69) is 6.92 Å². The molecule has 0 spiro atoms. The number of ketones is 1. The summed E-state index contributed by atoms with van der Waals surface area (Å²) in [4.78, 5) is 12.3. The molecular formula is C11H16O2S2. The van der Waals surface area contributed by atoms with Crippen molar-refractivity contribution >= 4 is 27.9 Å². The molecule has 0 bridgehead atoms. The van der Waals surface area contributed by atoms with Gasteiger partial charge in [-0.2, -0.15) is 0 Å². The van der Waals surface area contributed by atoms with Crippen LogP contribution in [0.2, 0.25) is 0 Å². The summed E-state index contributed by atoms with van der Waals surface area (Å²) in [6, 6.07) is 3.63. The molecule has 1 aromatic rings. The lowest BCUT2D eigenvalue weighted by molar-refractivity contribution is 0.102. The zero-order chi connectivity index (χ0) is 11.1. The smallest absolute Gasteiger partial charge is 0.185 e. The Labute approximate surface area is 97.2 Å². The Bertz CT molecular complexity index is 317. The molecule has 4 heteroatoms. The van der Waals surface area contributed by atoms with Crippen LogP contribution in [0, 0.1) is 0 Å². The van der Waals surface area contributed by atoms with Crippen molar-refractivity contribution in [1.29, 1.82) is 0 Å². The topological polar surface area (TPSA) is 34.1 Å².